The van der Waals surface area contributed by atoms with E-state index in [0.29, 0.717) is 34.8 Å². The molecule has 0 unspecified atom stereocenters. The predicted octanol–water partition coefficient (Wildman–Crippen LogP) is 5.28. The van der Waals surface area contributed by atoms with E-state index >= 15 is 0 Å². The van der Waals surface area contributed by atoms with Gasteiger partial charge in [-0.15, -0.1) is 0 Å². The van der Waals surface area contributed by atoms with Gasteiger partial charge >= 0.3 is 5.97 Å². The number of esters is 1. The first-order chi connectivity index (χ1) is 16.1. The number of rotatable bonds is 7. The van der Waals surface area contributed by atoms with Gasteiger partial charge in [0.1, 0.15) is 12.4 Å². The second kappa shape index (κ2) is 8.90. The largest absolute Gasteiger partial charge is 0.459 e. The van der Waals surface area contributed by atoms with Crippen LogP contribution in [0.4, 0.5) is 11.5 Å². The number of benzene rings is 2. The molecule has 1 aliphatic rings. The highest BCUT2D eigenvalue weighted by Gasteiger charge is 2.25. The van der Waals surface area contributed by atoms with Crippen LogP contribution in [-0.2, 0) is 16.1 Å². The first-order valence-electron chi connectivity index (χ1n) is 11.2. The van der Waals surface area contributed by atoms with E-state index in [1.54, 1.807) is 6.07 Å². The van der Waals surface area contributed by atoms with Gasteiger partial charge in [0.05, 0.1) is 16.6 Å². The van der Waals surface area contributed by atoms with Crippen molar-refractivity contribution in [2.24, 2.45) is 5.92 Å². The number of anilines is 2. The molecule has 33 heavy (non-hydrogen) atoms. The van der Waals surface area contributed by atoms with Crippen molar-refractivity contribution in [2.75, 3.05) is 5.32 Å². The number of pyridine rings is 2. The Labute approximate surface area is 191 Å². The lowest BCUT2D eigenvalue weighted by Gasteiger charge is -2.20. The van der Waals surface area contributed by atoms with Crippen LogP contribution in [0.3, 0.4) is 0 Å². The Morgan fingerprint density at radius 1 is 1.06 bits per heavy atom. The number of hydrogen-bond acceptors (Lipinski definition) is 5. The Balaban J connectivity index is 1.64. The molecule has 2 aromatic heterocycles. The van der Waals surface area contributed by atoms with Gasteiger partial charge in [0.15, 0.2) is 5.43 Å². The lowest BCUT2D eigenvalue weighted by atomic mass is 10.1. The van der Waals surface area contributed by atoms with E-state index in [1.165, 1.54) is 0 Å². The number of aryl methyl sites for hydroxylation is 1. The van der Waals surface area contributed by atoms with Crippen LogP contribution in [0.25, 0.3) is 16.6 Å². The van der Waals surface area contributed by atoms with Crippen molar-refractivity contribution < 1.29 is 9.53 Å². The minimum atomic E-state index is -0.236. The van der Waals surface area contributed by atoms with Crippen LogP contribution in [0.2, 0.25) is 0 Å². The molecular formula is C27H25N3O3. The summed E-state index contributed by atoms with van der Waals surface area (Å²) in [6, 6.07) is 23.1. The number of carbonyl (C=O) groups excluding carboxylic acids is 1. The molecule has 1 N–H and O–H groups in total. The smallest absolute Gasteiger partial charge is 0.306 e. The monoisotopic (exact) mass is 439 g/mol. The van der Waals surface area contributed by atoms with Gasteiger partial charge in [-0.1, -0.05) is 36.4 Å². The second-order valence-corrected chi connectivity index (χ2v) is 8.47. The Hall–Kier alpha value is -3.93. The van der Waals surface area contributed by atoms with Crippen LogP contribution in [-0.4, -0.2) is 15.5 Å². The Kier molecular flexibility index (Phi) is 5.65. The Morgan fingerprint density at radius 2 is 1.76 bits per heavy atom. The van der Waals surface area contributed by atoms with Crippen molar-refractivity contribution in [3.63, 3.8) is 0 Å². The molecule has 4 aromatic rings. The lowest BCUT2D eigenvalue weighted by molar-refractivity contribution is -0.145. The summed E-state index contributed by atoms with van der Waals surface area (Å²) in [5, 5.41) is 3.84. The van der Waals surface area contributed by atoms with Gasteiger partial charge in [-0.3, -0.25) is 19.1 Å². The zero-order chi connectivity index (χ0) is 22.8. The minimum absolute atomic E-state index is 0.0147. The standard InChI is InChI=1S/C27H25N3O3/c1-18-14-23-27(22(28-18)17-33-26(32)15-19-12-13-19)24(31)16-25(29-20-8-4-2-5-9-20)30(23)21-10-6-3-7-11-21/h2-11,14,16,19,29H,12-13,15,17H2,1H3. The summed E-state index contributed by atoms with van der Waals surface area (Å²) in [5.41, 5.74) is 3.56. The SMILES string of the molecule is Cc1cc2c(c(COC(=O)CC3CC3)n1)c(=O)cc(Nc1ccccc1)n2-c1ccccc1. The van der Waals surface area contributed by atoms with Crippen molar-refractivity contribution >= 4 is 28.4 Å². The van der Waals surface area contributed by atoms with Gasteiger partial charge in [0, 0.05) is 29.6 Å². The van der Waals surface area contributed by atoms with Gasteiger partial charge in [-0.25, -0.2) is 0 Å². The molecule has 0 spiro atoms. The summed E-state index contributed by atoms with van der Waals surface area (Å²) in [6.45, 7) is 1.87. The molecule has 5 rings (SSSR count). The van der Waals surface area contributed by atoms with Gasteiger partial charge in [-0.2, -0.15) is 0 Å². The molecule has 166 valence electrons. The summed E-state index contributed by atoms with van der Waals surface area (Å²) >= 11 is 0. The summed E-state index contributed by atoms with van der Waals surface area (Å²) in [4.78, 5) is 30.0. The molecule has 0 radical (unpaired) electrons. The maximum atomic E-state index is 13.3. The van der Waals surface area contributed by atoms with Crippen LogP contribution < -0.4 is 10.7 Å². The molecule has 0 bridgehead atoms. The average molecular weight is 440 g/mol. The third-order valence-corrected chi connectivity index (χ3v) is 5.78. The summed E-state index contributed by atoms with van der Waals surface area (Å²) in [5.74, 6) is 0.855. The minimum Gasteiger partial charge on any atom is -0.459 e. The molecule has 2 aromatic carbocycles. The Bertz CT molecular complexity index is 1360. The average Bonchev–Trinajstić information content (AvgIpc) is 3.62. The fraction of sp³-hybridized carbons (Fsp3) is 0.222. The highest BCUT2D eigenvalue weighted by atomic mass is 16.5. The van der Waals surface area contributed by atoms with Crippen LogP contribution in [0, 0.1) is 12.8 Å². The molecule has 0 atom stereocenters. The number of aromatic nitrogens is 2. The van der Waals surface area contributed by atoms with Gasteiger partial charge < -0.3 is 10.1 Å². The highest BCUT2D eigenvalue weighted by molar-refractivity contribution is 5.86. The molecule has 1 aliphatic carbocycles. The fourth-order valence-electron chi connectivity index (χ4n) is 4.04. The van der Waals surface area contributed by atoms with Crippen molar-refractivity contribution in [1.82, 2.24) is 9.55 Å². The maximum Gasteiger partial charge on any atom is 0.306 e. The second-order valence-electron chi connectivity index (χ2n) is 8.47. The first-order valence-corrected chi connectivity index (χ1v) is 11.2. The van der Waals surface area contributed by atoms with E-state index < -0.39 is 0 Å². The molecule has 0 aliphatic heterocycles. The van der Waals surface area contributed by atoms with E-state index in [0.717, 1.165) is 29.9 Å². The molecule has 0 saturated heterocycles. The number of hydrogen-bond donors (Lipinski definition) is 1. The number of nitrogens with zero attached hydrogens (tertiary/aromatic N) is 2. The topological polar surface area (TPSA) is 73.2 Å². The van der Waals surface area contributed by atoms with Crippen molar-refractivity contribution in [2.45, 2.75) is 32.8 Å². The number of carbonyl (C=O) groups is 1. The van der Waals surface area contributed by atoms with Crippen molar-refractivity contribution in [1.29, 1.82) is 0 Å². The zero-order valence-electron chi connectivity index (χ0n) is 18.5. The fourth-order valence-corrected chi connectivity index (χ4v) is 4.04. The number of para-hydroxylation sites is 2. The normalized spacial score (nSPS) is 13.1. The van der Waals surface area contributed by atoms with E-state index in [2.05, 4.69) is 10.3 Å². The van der Waals surface area contributed by atoms with Crippen LogP contribution >= 0.6 is 0 Å². The zero-order valence-corrected chi connectivity index (χ0v) is 18.5. The van der Waals surface area contributed by atoms with E-state index in [1.807, 2.05) is 78.2 Å². The van der Waals surface area contributed by atoms with Crippen molar-refractivity contribution in [3.05, 3.63) is 94.4 Å². The van der Waals surface area contributed by atoms with Gasteiger partial charge in [0.25, 0.3) is 0 Å². The molecule has 2 heterocycles. The van der Waals surface area contributed by atoms with Crippen molar-refractivity contribution in [3.8, 4) is 5.69 Å². The van der Waals surface area contributed by atoms with E-state index in [4.69, 9.17) is 4.74 Å². The third kappa shape index (κ3) is 4.65. The van der Waals surface area contributed by atoms with Crippen LogP contribution in [0.1, 0.15) is 30.7 Å². The number of fused-ring (bicyclic) bond motifs is 1. The number of nitrogens with one attached hydrogen (secondary N) is 1. The van der Waals surface area contributed by atoms with Crippen LogP contribution in [0.15, 0.2) is 77.6 Å². The highest BCUT2D eigenvalue weighted by Crippen LogP contribution is 2.33. The van der Waals surface area contributed by atoms with Gasteiger partial charge in [-0.05, 0) is 56.0 Å². The molecule has 6 heteroatoms. The van der Waals surface area contributed by atoms with E-state index in [9.17, 15) is 9.59 Å². The summed E-state index contributed by atoms with van der Waals surface area (Å²) in [7, 11) is 0. The van der Waals surface area contributed by atoms with Crippen LogP contribution in [0.5, 0.6) is 0 Å². The van der Waals surface area contributed by atoms with Gasteiger partial charge in [0.2, 0.25) is 0 Å². The number of ether oxygens (including phenoxy) is 1. The summed E-state index contributed by atoms with van der Waals surface area (Å²) in [6.07, 6.45) is 2.60. The molecule has 1 fully saturated rings. The molecular weight excluding hydrogens is 414 g/mol. The van der Waals surface area contributed by atoms with E-state index in [-0.39, 0.29) is 18.0 Å². The maximum absolute atomic E-state index is 13.3. The molecule has 6 nitrogen and oxygen atoms in total. The molecule has 1 saturated carbocycles. The lowest BCUT2D eigenvalue weighted by Crippen LogP contribution is -2.16. The molecule has 0 amide bonds. The Morgan fingerprint density at radius 3 is 2.45 bits per heavy atom. The summed E-state index contributed by atoms with van der Waals surface area (Å²) < 4.78 is 7.51. The quantitative estimate of drug-likeness (QED) is 0.397. The first kappa shape index (κ1) is 20.9. The third-order valence-electron chi connectivity index (χ3n) is 5.78. The predicted molar refractivity (Wildman–Crippen MR) is 129 cm³/mol.